The van der Waals surface area contributed by atoms with Gasteiger partial charge in [-0.25, -0.2) is 13.2 Å². The van der Waals surface area contributed by atoms with E-state index in [-0.39, 0.29) is 21.8 Å². The molecule has 45 heavy (non-hydrogen) atoms. The fraction of sp³-hybridized carbons (Fsp3) is 0.276. The summed E-state index contributed by atoms with van der Waals surface area (Å²) >= 11 is 18.6. The lowest BCUT2D eigenvalue weighted by Crippen LogP contribution is -2.27. The van der Waals surface area contributed by atoms with Gasteiger partial charge in [-0.3, -0.25) is 14.4 Å². The van der Waals surface area contributed by atoms with Crippen molar-refractivity contribution in [2.45, 2.75) is 29.1 Å². The van der Waals surface area contributed by atoms with Gasteiger partial charge < -0.3 is 20.1 Å². The van der Waals surface area contributed by atoms with Crippen molar-refractivity contribution < 1.29 is 50.2 Å². The van der Waals surface area contributed by atoms with Crippen LogP contribution >= 0.6 is 34.8 Å². The molecule has 2 N–H and O–H groups in total. The second-order valence-corrected chi connectivity index (χ2v) is 11.7. The molecule has 1 fully saturated rings. The van der Waals surface area contributed by atoms with Crippen LogP contribution in [0.2, 0.25) is 5.02 Å². The van der Waals surface area contributed by atoms with Crippen LogP contribution in [0.1, 0.15) is 33.0 Å². The van der Waals surface area contributed by atoms with Crippen LogP contribution in [0.25, 0.3) is 0 Å². The zero-order valence-corrected chi connectivity index (χ0v) is 25.3. The molecule has 2 atom stereocenters. The molecule has 1 aliphatic rings. The quantitative estimate of drug-likeness (QED) is 0.132. The highest BCUT2D eigenvalue weighted by Gasteiger charge is 2.67. The number of carbonyl (C=O) groups excluding carboxylic acids is 3. The van der Waals surface area contributed by atoms with Crippen LogP contribution in [-0.2, 0) is 31.7 Å². The lowest BCUT2D eigenvalue weighted by Gasteiger charge is -2.15. The molecule has 7 nitrogen and oxygen atoms in total. The second kappa shape index (κ2) is 13.2. The van der Waals surface area contributed by atoms with Crippen molar-refractivity contribution in [3.63, 3.8) is 0 Å². The summed E-state index contributed by atoms with van der Waals surface area (Å²) in [5.74, 6) is -8.79. The number of amides is 2. The molecule has 240 valence electrons. The van der Waals surface area contributed by atoms with Gasteiger partial charge in [-0.1, -0.05) is 17.7 Å². The van der Waals surface area contributed by atoms with Crippen LogP contribution in [0.15, 0.2) is 48.5 Å². The number of hydrogen-bond donors (Lipinski definition) is 2. The summed E-state index contributed by atoms with van der Waals surface area (Å²) < 4.78 is 90.7. The number of benzene rings is 3. The van der Waals surface area contributed by atoms with Gasteiger partial charge in [0, 0.05) is 37.8 Å². The van der Waals surface area contributed by atoms with Crippen LogP contribution < -0.4 is 10.6 Å². The molecule has 0 radical (unpaired) electrons. The van der Waals surface area contributed by atoms with E-state index in [2.05, 4.69) is 10.6 Å². The fourth-order valence-electron chi connectivity index (χ4n) is 4.68. The van der Waals surface area contributed by atoms with Gasteiger partial charge in [-0.15, -0.1) is 23.2 Å². The van der Waals surface area contributed by atoms with Crippen molar-refractivity contribution in [2.24, 2.45) is 5.92 Å². The van der Waals surface area contributed by atoms with E-state index in [9.17, 15) is 36.3 Å². The Kier molecular flexibility index (Phi) is 10.1. The first-order chi connectivity index (χ1) is 21.0. The van der Waals surface area contributed by atoms with Crippen molar-refractivity contribution in [2.75, 3.05) is 24.9 Å². The monoisotopic (exact) mass is 696 g/mol. The van der Waals surface area contributed by atoms with Gasteiger partial charge in [0.2, 0.25) is 12.2 Å². The SMILES string of the molecule is COC(OC)C(=O)Cc1c(F)ccc(NC(=O)c2cc(NC(=O)[C@H]3[C@H](c4ccc(F)c(C(F)(F)F)c4)C3(Cl)Cl)ccc2Cl)c1F. The third-order valence-corrected chi connectivity index (χ3v) is 8.22. The number of hydrogen-bond acceptors (Lipinski definition) is 5. The molecule has 1 saturated carbocycles. The molecule has 0 heterocycles. The average Bonchev–Trinajstić information content (AvgIpc) is 3.55. The van der Waals surface area contributed by atoms with Crippen molar-refractivity contribution in [1.29, 1.82) is 0 Å². The van der Waals surface area contributed by atoms with E-state index in [4.69, 9.17) is 44.3 Å². The van der Waals surface area contributed by atoms with Gasteiger partial charge in [0.05, 0.1) is 27.8 Å². The zero-order valence-electron chi connectivity index (χ0n) is 23.0. The first-order valence-corrected chi connectivity index (χ1v) is 13.9. The van der Waals surface area contributed by atoms with Crippen LogP contribution in [0.4, 0.5) is 37.7 Å². The molecule has 3 aromatic rings. The maximum atomic E-state index is 15.2. The molecular formula is C29H21Cl3F6N2O5. The number of carbonyl (C=O) groups is 3. The molecule has 0 spiro atoms. The molecule has 16 heteroatoms. The molecule has 0 saturated heterocycles. The second-order valence-electron chi connectivity index (χ2n) is 9.84. The molecule has 1 aliphatic carbocycles. The Morgan fingerprint density at radius 1 is 0.933 bits per heavy atom. The molecular weight excluding hydrogens is 677 g/mol. The highest BCUT2D eigenvalue weighted by molar-refractivity contribution is 6.53. The number of Topliss-reactive ketones (excluding diaryl/α,β-unsaturated/α-hetero) is 1. The number of rotatable bonds is 10. The Morgan fingerprint density at radius 2 is 1.58 bits per heavy atom. The van der Waals surface area contributed by atoms with E-state index in [1.807, 2.05) is 0 Å². The predicted molar refractivity (Wildman–Crippen MR) is 153 cm³/mol. The van der Waals surface area contributed by atoms with Gasteiger partial charge in [0.15, 0.2) is 11.6 Å². The number of anilines is 2. The van der Waals surface area contributed by atoms with E-state index in [0.29, 0.717) is 12.1 Å². The maximum Gasteiger partial charge on any atom is 0.419 e. The number of methoxy groups -OCH3 is 2. The van der Waals surface area contributed by atoms with Crippen molar-refractivity contribution >= 4 is 63.8 Å². The third-order valence-electron chi connectivity index (χ3n) is 6.95. The Bertz CT molecular complexity index is 1670. The minimum atomic E-state index is -5.00. The highest BCUT2D eigenvalue weighted by Crippen LogP contribution is 2.65. The average molecular weight is 698 g/mol. The van der Waals surface area contributed by atoms with Crippen LogP contribution in [0.3, 0.4) is 0 Å². The standard InChI is InChI=1S/C29H21Cl3F6N2O5/c1-44-27(45-2)21(41)11-15-18(33)7-8-20(24(15)35)40-25(42)14-10-13(4-5-17(14)30)39-26(43)23-22(28(23,31)32)12-3-6-19(34)16(9-12)29(36,37)38/h3-10,22-23,27H,11H2,1-2H3,(H,39,43)(H,40,42)/t22-,23+/m0/s1. The Balaban J connectivity index is 1.52. The molecule has 2 amide bonds. The summed E-state index contributed by atoms with van der Waals surface area (Å²) in [6.07, 6.45) is -7.13. The first-order valence-electron chi connectivity index (χ1n) is 12.7. The maximum absolute atomic E-state index is 15.2. The normalized spacial score (nSPS) is 17.2. The summed E-state index contributed by atoms with van der Waals surface area (Å²) in [7, 11) is 2.33. The number of ether oxygens (including phenoxy) is 2. The van der Waals surface area contributed by atoms with Crippen molar-refractivity contribution in [3.8, 4) is 0 Å². The van der Waals surface area contributed by atoms with E-state index in [1.54, 1.807) is 0 Å². The molecule has 0 aliphatic heterocycles. The highest BCUT2D eigenvalue weighted by atomic mass is 35.5. The molecule has 3 aromatic carbocycles. The summed E-state index contributed by atoms with van der Waals surface area (Å²) in [6.45, 7) is 0. The van der Waals surface area contributed by atoms with Gasteiger partial charge in [-0.2, -0.15) is 13.2 Å². The van der Waals surface area contributed by atoms with Crippen molar-refractivity contribution in [3.05, 3.63) is 93.3 Å². The molecule has 0 unspecified atom stereocenters. The van der Waals surface area contributed by atoms with Gasteiger partial charge in [-0.05, 0) is 48.0 Å². The van der Waals surface area contributed by atoms with Gasteiger partial charge in [0.25, 0.3) is 5.91 Å². The summed E-state index contributed by atoms with van der Waals surface area (Å²) in [5, 5.41) is 4.54. The van der Waals surface area contributed by atoms with Crippen molar-refractivity contribution in [1.82, 2.24) is 0 Å². The number of halogens is 9. The lowest BCUT2D eigenvalue weighted by molar-refractivity contribution is -0.156. The van der Waals surface area contributed by atoms with Crippen LogP contribution in [0, 0.1) is 23.4 Å². The zero-order chi connectivity index (χ0) is 33.4. The van der Waals surface area contributed by atoms with E-state index in [1.165, 1.54) is 26.4 Å². The lowest BCUT2D eigenvalue weighted by atomic mass is 10.0. The smallest absolute Gasteiger partial charge is 0.349 e. The van der Waals surface area contributed by atoms with E-state index < -0.39 is 86.9 Å². The Hall–Kier alpha value is -3.36. The van der Waals surface area contributed by atoms with Crippen LogP contribution in [0.5, 0.6) is 0 Å². The Labute approximate surface area is 266 Å². The molecule has 4 rings (SSSR count). The van der Waals surface area contributed by atoms with E-state index >= 15 is 4.39 Å². The first kappa shape index (κ1) is 34.5. The predicted octanol–water partition coefficient (Wildman–Crippen LogP) is 7.28. The third kappa shape index (κ3) is 7.23. The summed E-state index contributed by atoms with van der Waals surface area (Å²) in [4.78, 5) is 38.3. The minimum Gasteiger partial charge on any atom is -0.349 e. The number of ketones is 1. The molecule has 0 bridgehead atoms. The summed E-state index contributed by atoms with van der Waals surface area (Å²) in [5.41, 5.74) is -3.10. The Morgan fingerprint density at radius 3 is 2.20 bits per heavy atom. The topological polar surface area (TPSA) is 93.7 Å². The molecule has 0 aromatic heterocycles. The fourth-order valence-corrected chi connectivity index (χ4v) is 5.71. The van der Waals surface area contributed by atoms with Crippen LogP contribution in [-0.4, -0.2) is 42.4 Å². The number of nitrogens with one attached hydrogen (secondary N) is 2. The van der Waals surface area contributed by atoms with Gasteiger partial charge >= 0.3 is 6.18 Å². The largest absolute Gasteiger partial charge is 0.419 e. The minimum absolute atomic E-state index is 0.0181. The van der Waals surface area contributed by atoms with E-state index in [0.717, 1.165) is 24.3 Å². The van der Waals surface area contributed by atoms with Gasteiger partial charge in [0.1, 0.15) is 16.0 Å². The summed E-state index contributed by atoms with van der Waals surface area (Å²) in [6, 6.07) is 7.56. The number of alkyl halides is 5.